The minimum atomic E-state index is -0.736. The smallest absolute Gasteiger partial charge is 0.290 e. The van der Waals surface area contributed by atoms with Gasteiger partial charge in [0.05, 0.1) is 18.2 Å². The quantitative estimate of drug-likeness (QED) is 0.317. The van der Waals surface area contributed by atoms with Crippen molar-refractivity contribution in [1.82, 2.24) is 9.88 Å². The van der Waals surface area contributed by atoms with E-state index >= 15 is 0 Å². The first kappa shape index (κ1) is 24.0. The molecule has 1 unspecified atom stereocenters. The number of pyridine rings is 1. The fourth-order valence-electron chi connectivity index (χ4n) is 4.01. The maximum absolute atomic E-state index is 13.3. The van der Waals surface area contributed by atoms with E-state index in [2.05, 4.69) is 11.9 Å². The van der Waals surface area contributed by atoms with Crippen LogP contribution < -0.4 is 4.74 Å². The van der Waals surface area contributed by atoms with Gasteiger partial charge in [0, 0.05) is 18.9 Å². The first-order valence-electron chi connectivity index (χ1n) is 11.7. The molecule has 1 atom stereocenters. The number of aliphatic hydroxyl groups excluding tert-OH is 1. The van der Waals surface area contributed by atoms with Gasteiger partial charge in [-0.2, -0.15) is 0 Å². The Bertz CT molecular complexity index is 1220. The van der Waals surface area contributed by atoms with Crippen molar-refractivity contribution in [3.05, 3.63) is 113 Å². The molecule has 1 aromatic heterocycles. The number of hydrogen-bond donors (Lipinski definition) is 1. The zero-order valence-electron chi connectivity index (χ0n) is 19.6. The maximum Gasteiger partial charge on any atom is 0.290 e. The van der Waals surface area contributed by atoms with Crippen LogP contribution >= 0.6 is 0 Å². The maximum atomic E-state index is 13.3. The van der Waals surface area contributed by atoms with Crippen molar-refractivity contribution in [2.45, 2.75) is 32.4 Å². The topological polar surface area (TPSA) is 79.7 Å². The molecule has 0 saturated heterocycles. The number of benzene rings is 2. The average Bonchev–Trinajstić information content (AvgIpc) is 3.14. The van der Waals surface area contributed by atoms with E-state index in [1.54, 1.807) is 24.5 Å². The number of allylic oxidation sites excluding steroid dienone is 1. The van der Waals surface area contributed by atoms with Crippen molar-refractivity contribution in [3.8, 4) is 5.75 Å². The van der Waals surface area contributed by atoms with Crippen LogP contribution in [-0.4, -0.2) is 33.3 Å². The standard InChI is InChI=1S/C29H28N2O4/c1-2-3-18-35-24-14-12-23(13-15-24)27-26(25(32)16-11-21-8-5-4-6-9-21)28(33)29(34)31(27)20-22-10-7-17-30-19-22/h4-17,19,27,33H,2-3,18,20H2,1H3/b16-11+. The molecular formula is C29H28N2O4. The van der Waals surface area contributed by atoms with E-state index in [1.165, 1.54) is 11.0 Å². The number of carbonyl (C=O) groups is 2. The summed E-state index contributed by atoms with van der Waals surface area (Å²) in [7, 11) is 0. The number of ketones is 1. The minimum absolute atomic E-state index is 0.0609. The molecule has 6 nitrogen and oxygen atoms in total. The molecule has 178 valence electrons. The lowest BCUT2D eigenvalue weighted by molar-refractivity contribution is -0.130. The summed E-state index contributed by atoms with van der Waals surface area (Å²) in [5.41, 5.74) is 2.42. The first-order chi connectivity index (χ1) is 17.1. The van der Waals surface area contributed by atoms with Crippen molar-refractivity contribution >= 4 is 17.8 Å². The van der Waals surface area contributed by atoms with Crippen molar-refractivity contribution in [2.75, 3.05) is 6.61 Å². The third-order valence-corrected chi connectivity index (χ3v) is 5.83. The van der Waals surface area contributed by atoms with Gasteiger partial charge in [0.15, 0.2) is 11.5 Å². The van der Waals surface area contributed by atoms with Crippen molar-refractivity contribution in [3.63, 3.8) is 0 Å². The van der Waals surface area contributed by atoms with Crippen LogP contribution in [0.15, 0.2) is 96.5 Å². The highest BCUT2D eigenvalue weighted by molar-refractivity contribution is 6.14. The lowest BCUT2D eigenvalue weighted by Crippen LogP contribution is -2.30. The molecule has 0 bridgehead atoms. The minimum Gasteiger partial charge on any atom is -0.503 e. The molecule has 6 heteroatoms. The van der Waals surface area contributed by atoms with Gasteiger partial charge in [-0.3, -0.25) is 14.6 Å². The van der Waals surface area contributed by atoms with Crippen LogP contribution in [0, 0.1) is 0 Å². The fraction of sp³-hybridized carbons (Fsp3) is 0.207. The molecule has 0 spiro atoms. The summed E-state index contributed by atoms with van der Waals surface area (Å²) in [6.07, 6.45) is 8.40. The van der Waals surface area contributed by atoms with Gasteiger partial charge in [-0.25, -0.2) is 0 Å². The summed E-state index contributed by atoms with van der Waals surface area (Å²) in [5.74, 6) is -0.805. The highest BCUT2D eigenvalue weighted by Crippen LogP contribution is 2.39. The van der Waals surface area contributed by atoms with E-state index in [9.17, 15) is 14.7 Å². The zero-order chi connectivity index (χ0) is 24.6. The fourth-order valence-corrected chi connectivity index (χ4v) is 4.01. The second kappa shape index (κ2) is 11.3. The second-order valence-corrected chi connectivity index (χ2v) is 8.34. The van der Waals surface area contributed by atoms with E-state index in [4.69, 9.17) is 4.74 Å². The zero-order valence-corrected chi connectivity index (χ0v) is 19.6. The third-order valence-electron chi connectivity index (χ3n) is 5.83. The molecule has 1 amide bonds. The summed E-state index contributed by atoms with van der Waals surface area (Å²) in [5, 5.41) is 10.8. The first-order valence-corrected chi connectivity index (χ1v) is 11.7. The molecule has 4 rings (SSSR count). The molecule has 1 N–H and O–H groups in total. The third kappa shape index (κ3) is 5.66. The van der Waals surface area contributed by atoms with Gasteiger partial charge in [-0.15, -0.1) is 0 Å². The molecule has 0 saturated carbocycles. The number of hydrogen-bond acceptors (Lipinski definition) is 5. The Morgan fingerprint density at radius 2 is 1.86 bits per heavy atom. The molecule has 0 fully saturated rings. The van der Waals surface area contributed by atoms with Crippen molar-refractivity contribution < 1.29 is 19.4 Å². The largest absolute Gasteiger partial charge is 0.503 e. The molecule has 2 heterocycles. The van der Waals surface area contributed by atoms with Crippen LogP contribution in [0.2, 0.25) is 0 Å². The average molecular weight is 469 g/mol. The monoisotopic (exact) mass is 468 g/mol. The number of rotatable bonds is 10. The molecule has 3 aromatic rings. The Kier molecular flexibility index (Phi) is 7.73. The Labute approximate surface area is 205 Å². The van der Waals surface area contributed by atoms with Gasteiger partial charge >= 0.3 is 0 Å². The van der Waals surface area contributed by atoms with Crippen molar-refractivity contribution in [1.29, 1.82) is 0 Å². The van der Waals surface area contributed by atoms with Crippen LogP contribution in [-0.2, 0) is 16.1 Å². The molecule has 1 aliphatic heterocycles. The predicted octanol–water partition coefficient (Wildman–Crippen LogP) is 5.44. The Balaban J connectivity index is 1.66. The summed E-state index contributed by atoms with van der Waals surface area (Å²) < 4.78 is 5.76. The molecule has 0 radical (unpaired) electrons. The lowest BCUT2D eigenvalue weighted by atomic mass is 9.95. The van der Waals surface area contributed by atoms with E-state index in [0.717, 1.165) is 29.7 Å². The van der Waals surface area contributed by atoms with Crippen LogP contribution in [0.1, 0.15) is 42.5 Å². The highest BCUT2D eigenvalue weighted by Gasteiger charge is 2.42. The highest BCUT2D eigenvalue weighted by atomic mass is 16.5. The molecule has 35 heavy (non-hydrogen) atoms. The number of unbranched alkanes of at least 4 members (excludes halogenated alkanes) is 1. The predicted molar refractivity (Wildman–Crippen MR) is 135 cm³/mol. The van der Waals surface area contributed by atoms with E-state index in [0.29, 0.717) is 12.2 Å². The Morgan fingerprint density at radius 3 is 2.54 bits per heavy atom. The SMILES string of the molecule is CCCCOc1ccc(C2C(C(=O)/C=C/c3ccccc3)=C(O)C(=O)N2Cc2cccnc2)cc1. The number of aromatic nitrogens is 1. The van der Waals surface area contributed by atoms with E-state index in [1.807, 2.05) is 60.7 Å². The van der Waals surface area contributed by atoms with Crippen LogP contribution in [0.3, 0.4) is 0 Å². The summed E-state index contributed by atoms with van der Waals surface area (Å²) in [6, 6.07) is 19.6. The Morgan fingerprint density at radius 1 is 1.09 bits per heavy atom. The molecule has 0 aliphatic carbocycles. The van der Waals surface area contributed by atoms with Gasteiger partial charge in [0.25, 0.3) is 5.91 Å². The number of aliphatic hydroxyl groups is 1. The number of ether oxygens (including phenoxy) is 1. The summed E-state index contributed by atoms with van der Waals surface area (Å²) in [4.78, 5) is 32.0. The van der Waals surface area contributed by atoms with Crippen LogP contribution in [0.5, 0.6) is 5.75 Å². The van der Waals surface area contributed by atoms with Crippen LogP contribution in [0.25, 0.3) is 6.08 Å². The Hall–Kier alpha value is -4.19. The molecule has 1 aliphatic rings. The van der Waals surface area contributed by atoms with E-state index < -0.39 is 23.5 Å². The van der Waals surface area contributed by atoms with Crippen molar-refractivity contribution in [2.24, 2.45) is 0 Å². The summed E-state index contributed by atoms with van der Waals surface area (Å²) in [6.45, 7) is 2.93. The van der Waals surface area contributed by atoms with Gasteiger partial charge in [0.2, 0.25) is 0 Å². The molecular weight excluding hydrogens is 440 g/mol. The molecule has 2 aromatic carbocycles. The van der Waals surface area contributed by atoms with Gasteiger partial charge < -0.3 is 14.7 Å². The lowest BCUT2D eigenvalue weighted by Gasteiger charge is -2.26. The number of carbonyl (C=O) groups excluding carboxylic acids is 2. The van der Waals surface area contributed by atoms with Crippen LogP contribution in [0.4, 0.5) is 0 Å². The van der Waals surface area contributed by atoms with E-state index in [-0.39, 0.29) is 12.1 Å². The second-order valence-electron chi connectivity index (χ2n) is 8.34. The normalized spacial score (nSPS) is 15.7. The number of nitrogens with zero attached hydrogens (tertiary/aromatic N) is 2. The van der Waals surface area contributed by atoms with Gasteiger partial charge in [-0.05, 0) is 47.4 Å². The summed E-state index contributed by atoms with van der Waals surface area (Å²) >= 11 is 0. The number of amides is 1. The van der Waals surface area contributed by atoms with Gasteiger partial charge in [0.1, 0.15) is 5.75 Å². The van der Waals surface area contributed by atoms with Gasteiger partial charge in [-0.1, -0.05) is 68.0 Å².